The van der Waals surface area contributed by atoms with Crippen LogP contribution >= 0.6 is 15.9 Å². The van der Waals surface area contributed by atoms with Crippen molar-refractivity contribution in [3.63, 3.8) is 0 Å². The molecule has 4 heteroatoms. The van der Waals surface area contributed by atoms with Crippen LogP contribution in [0.15, 0.2) is 12.4 Å². The Labute approximate surface area is 79.3 Å². The third-order valence-corrected chi connectivity index (χ3v) is 3.41. The van der Waals surface area contributed by atoms with Crippen LogP contribution in [0.3, 0.4) is 0 Å². The smallest absolute Gasteiger partial charge is 0.0737 e. The van der Waals surface area contributed by atoms with Crippen molar-refractivity contribution in [1.29, 1.82) is 0 Å². The van der Waals surface area contributed by atoms with Gasteiger partial charge >= 0.3 is 0 Å². The summed E-state index contributed by atoms with van der Waals surface area (Å²) in [6, 6.07) is 0. The number of aromatic nitrogens is 1. The van der Waals surface area contributed by atoms with E-state index in [-0.39, 0.29) is 4.32 Å². The maximum atomic E-state index is 5.81. The average Bonchev–Trinajstić information content (AvgIpc) is 2.75. The van der Waals surface area contributed by atoms with Crippen LogP contribution in [-0.2, 0) is 4.32 Å². The van der Waals surface area contributed by atoms with E-state index < -0.39 is 0 Å². The summed E-state index contributed by atoms with van der Waals surface area (Å²) in [6.07, 6.45) is 5.59. The van der Waals surface area contributed by atoms with E-state index in [0.29, 0.717) is 11.4 Å². The molecule has 0 amide bonds. The van der Waals surface area contributed by atoms with E-state index in [2.05, 4.69) is 20.9 Å². The first kappa shape index (κ1) is 7.86. The van der Waals surface area contributed by atoms with Crippen molar-refractivity contribution >= 4 is 27.3 Å². The third-order valence-electron chi connectivity index (χ3n) is 2.19. The van der Waals surface area contributed by atoms with Gasteiger partial charge in [-0.05, 0) is 12.8 Å². The van der Waals surface area contributed by atoms with Crippen LogP contribution < -0.4 is 11.5 Å². The molecule has 2 rings (SSSR count). The summed E-state index contributed by atoms with van der Waals surface area (Å²) in [5.74, 6) is 0. The summed E-state index contributed by atoms with van der Waals surface area (Å²) >= 11 is 3.61. The van der Waals surface area contributed by atoms with Gasteiger partial charge in [-0.2, -0.15) is 0 Å². The number of nitrogens with two attached hydrogens (primary N) is 2. The molecule has 0 atom stereocenters. The molecule has 1 aromatic rings. The van der Waals surface area contributed by atoms with Crippen molar-refractivity contribution in [3.05, 3.63) is 18.0 Å². The number of hydrogen-bond donors (Lipinski definition) is 2. The summed E-state index contributed by atoms with van der Waals surface area (Å²) in [6.45, 7) is 0. The molecule has 0 spiro atoms. The van der Waals surface area contributed by atoms with Gasteiger partial charge in [-0.3, -0.25) is 4.98 Å². The Morgan fingerprint density at radius 1 is 1.33 bits per heavy atom. The Balaban J connectivity index is 2.51. The van der Waals surface area contributed by atoms with Crippen molar-refractivity contribution in [2.45, 2.75) is 17.2 Å². The first-order valence-corrected chi connectivity index (χ1v) is 4.61. The highest BCUT2D eigenvalue weighted by Crippen LogP contribution is 2.55. The van der Waals surface area contributed by atoms with Crippen molar-refractivity contribution < 1.29 is 0 Å². The van der Waals surface area contributed by atoms with E-state index in [9.17, 15) is 0 Å². The number of alkyl halides is 1. The molecule has 0 saturated heterocycles. The van der Waals surface area contributed by atoms with E-state index in [4.69, 9.17) is 11.5 Å². The predicted molar refractivity (Wildman–Crippen MR) is 52.9 cm³/mol. The first-order valence-electron chi connectivity index (χ1n) is 3.82. The summed E-state index contributed by atoms with van der Waals surface area (Å²) < 4.78 is 0.0689. The Morgan fingerprint density at radius 2 is 2.00 bits per heavy atom. The molecule has 0 radical (unpaired) electrons. The molecule has 64 valence electrons. The molecule has 1 heterocycles. The molecule has 0 aliphatic heterocycles. The lowest BCUT2D eigenvalue weighted by Gasteiger charge is -2.10. The minimum absolute atomic E-state index is 0.0689. The first-order chi connectivity index (χ1) is 5.63. The number of halogens is 1. The van der Waals surface area contributed by atoms with Gasteiger partial charge in [0.2, 0.25) is 0 Å². The number of hydrogen-bond acceptors (Lipinski definition) is 3. The maximum absolute atomic E-state index is 5.81. The summed E-state index contributed by atoms with van der Waals surface area (Å²) in [5, 5.41) is 0. The van der Waals surface area contributed by atoms with Crippen molar-refractivity contribution in [3.8, 4) is 0 Å². The number of rotatable bonds is 1. The molecule has 1 fully saturated rings. The molecule has 4 N–H and O–H groups in total. The van der Waals surface area contributed by atoms with E-state index >= 15 is 0 Å². The quantitative estimate of drug-likeness (QED) is 0.718. The molecule has 1 saturated carbocycles. The largest absolute Gasteiger partial charge is 0.397 e. The monoisotopic (exact) mass is 227 g/mol. The van der Waals surface area contributed by atoms with Crippen LogP contribution in [0.5, 0.6) is 0 Å². The van der Waals surface area contributed by atoms with Gasteiger partial charge in [0, 0.05) is 11.8 Å². The minimum atomic E-state index is 0.0689. The fourth-order valence-electron chi connectivity index (χ4n) is 1.22. The maximum Gasteiger partial charge on any atom is 0.0737 e. The summed E-state index contributed by atoms with van der Waals surface area (Å²) in [5.41, 5.74) is 13.7. The van der Waals surface area contributed by atoms with E-state index in [0.717, 1.165) is 18.4 Å². The highest BCUT2D eigenvalue weighted by Gasteiger charge is 2.43. The lowest BCUT2D eigenvalue weighted by Crippen LogP contribution is -2.05. The highest BCUT2D eigenvalue weighted by atomic mass is 79.9. The summed E-state index contributed by atoms with van der Waals surface area (Å²) in [4.78, 5) is 4.02. The second-order valence-electron chi connectivity index (χ2n) is 3.16. The Bertz CT molecular complexity index is 320. The number of nitrogens with zero attached hydrogens (tertiary/aromatic N) is 1. The van der Waals surface area contributed by atoms with Crippen molar-refractivity contribution in [1.82, 2.24) is 4.98 Å². The average molecular weight is 228 g/mol. The van der Waals surface area contributed by atoms with Crippen molar-refractivity contribution in [2.75, 3.05) is 11.5 Å². The zero-order valence-corrected chi connectivity index (χ0v) is 8.13. The second-order valence-corrected chi connectivity index (χ2v) is 4.67. The minimum Gasteiger partial charge on any atom is -0.397 e. The van der Waals surface area contributed by atoms with Crippen LogP contribution in [0.25, 0.3) is 0 Å². The standard InChI is InChI=1S/C8H10BrN3/c9-8(1-2-8)5-3-12-4-6(10)7(5)11/h3-4H,1-2,10H2,(H2,11,12). The van der Waals surface area contributed by atoms with Crippen LogP contribution in [0.1, 0.15) is 18.4 Å². The number of anilines is 2. The number of nitrogen functional groups attached to an aromatic ring is 2. The zero-order valence-electron chi connectivity index (χ0n) is 6.55. The normalized spacial score (nSPS) is 19.1. The molecule has 3 nitrogen and oxygen atoms in total. The van der Waals surface area contributed by atoms with Gasteiger partial charge in [0.15, 0.2) is 0 Å². The molecule has 1 aromatic heterocycles. The zero-order chi connectivity index (χ0) is 8.77. The Morgan fingerprint density at radius 3 is 2.58 bits per heavy atom. The van der Waals surface area contributed by atoms with Crippen LogP contribution in [0.4, 0.5) is 11.4 Å². The van der Waals surface area contributed by atoms with Crippen LogP contribution in [0, 0.1) is 0 Å². The molecule has 1 aliphatic rings. The molecule has 0 unspecified atom stereocenters. The van der Waals surface area contributed by atoms with Crippen molar-refractivity contribution in [2.24, 2.45) is 0 Å². The number of pyridine rings is 1. The lowest BCUT2D eigenvalue weighted by molar-refractivity contribution is 1.04. The molecule has 0 bridgehead atoms. The fraction of sp³-hybridized carbons (Fsp3) is 0.375. The highest BCUT2D eigenvalue weighted by molar-refractivity contribution is 9.09. The van der Waals surface area contributed by atoms with Gasteiger partial charge in [0.05, 0.1) is 21.9 Å². The van der Waals surface area contributed by atoms with Crippen LogP contribution in [0.2, 0.25) is 0 Å². The SMILES string of the molecule is Nc1cncc(C2(Br)CC2)c1N. The summed E-state index contributed by atoms with van der Waals surface area (Å²) in [7, 11) is 0. The van der Waals surface area contributed by atoms with Gasteiger partial charge in [0.1, 0.15) is 0 Å². The Hall–Kier alpha value is -0.770. The molecular weight excluding hydrogens is 218 g/mol. The second kappa shape index (κ2) is 2.36. The van der Waals surface area contributed by atoms with Crippen LogP contribution in [-0.4, -0.2) is 4.98 Å². The topological polar surface area (TPSA) is 64.9 Å². The molecular formula is C8H10BrN3. The lowest BCUT2D eigenvalue weighted by atomic mass is 10.1. The van der Waals surface area contributed by atoms with Gasteiger partial charge in [0.25, 0.3) is 0 Å². The molecule has 12 heavy (non-hydrogen) atoms. The van der Waals surface area contributed by atoms with E-state index in [1.165, 1.54) is 0 Å². The van der Waals surface area contributed by atoms with Gasteiger partial charge < -0.3 is 11.5 Å². The van der Waals surface area contributed by atoms with Gasteiger partial charge in [-0.15, -0.1) is 0 Å². The predicted octanol–water partition coefficient (Wildman–Crippen LogP) is 1.63. The van der Waals surface area contributed by atoms with E-state index in [1.807, 2.05) is 0 Å². The molecule has 0 aromatic carbocycles. The fourth-order valence-corrected chi connectivity index (χ4v) is 1.74. The van der Waals surface area contributed by atoms with Gasteiger partial charge in [-0.25, -0.2) is 0 Å². The third kappa shape index (κ3) is 1.06. The van der Waals surface area contributed by atoms with E-state index in [1.54, 1.807) is 12.4 Å². The Kier molecular flexibility index (Phi) is 1.54. The van der Waals surface area contributed by atoms with Gasteiger partial charge in [-0.1, -0.05) is 15.9 Å². The molecule has 1 aliphatic carbocycles.